The second kappa shape index (κ2) is 3.34. The molecule has 0 aliphatic heterocycles. The molecule has 0 saturated heterocycles. The van der Waals surface area contributed by atoms with Gasteiger partial charge in [-0.1, -0.05) is 6.07 Å². The molecule has 1 aromatic rings. The van der Waals surface area contributed by atoms with E-state index < -0.39 is 0 Å². The maximum Gasteiger partial charge on any atom is 0.140 e. The number of aromatic nitrogens is 1. The van der Waals surface area contributed by atoms with Gasteiger partial charge in [-0.25, -0.2) is 9.99 Å². The Morgan fingerprint density at radius 1 is 1.36 bits per heavy atom. The average molecular weight is 151 g/mol. The summed E-state index contributed by atoms with van der Waals surface area (Å²) in [5.74, 6) is 0.884. The molecule has 0 aliphatic carbocycles. The molecule has 0 fully saturated rings. The molecule has 3 nitrogen and oxygen atoms in total. The van der Waals surface area contributed by atoms with Gasteiger partial charge in [0.15, 0.2) is 0 Å². The number of hydrazine groups is 1. The van der Waals surface area contributed by atoms with Crippen LogP contribution in [-0.2, 0) is 0 Å². The van der Waals surface area contributed by atoms with Crippen LogP contribution >= 0.6 is 0 Å². The van der Waals surface area contributed by atoms with E-state index in [0.29, 0.717) is 0 Å². The molecule has 0 atom stereocenters. The predicted octanol–water partition coefficient (Wildman–Crippen LogP) is 1.28. The van der Waals surface area contributed by atoms with Crippen LogP contribution in [-0.4, -0.2) is 24.1 Å². The molecular formula is C8H13N3. The molecule has 1 heterocycles. The predicted molar refractivity (Wildman–Crippen MR) is 46.3 cm³/mol. The zero-order chi connectivity index (χ0) is 8.27. The van der Waals surface area contributed by atoms with Crippen LogP contribution < -0.4 is 5.43 Å². The fourth-order valence-electron chi connectivity index (χ4n) is 0.834. The van der Waals surface area contributed by atoms with Crippen molar-refractivity contribution in [1.29, 1.82) is 0 Å². The molecule has 1 aromatic heterocycles. The number of anilines is 1. The minimum absolute atomic E-state index is 0.884. The largest absolute Gasteiger partial charge is 0.304 e. The van der Waals surface area contributed by atoms with Crippen LogP contribution in [0.1, 0.15) is 5.69 Å². The molecule has 3 heteroatoms. The van der Waals surface area contributed by atoms with Gasteiger partial charge in [0.05, 0.1) is 0 Å². The first-order valence-electron chi connectivity index (χ1n) is 3.56. The summed E-state index contributed by atoms with van der Waals surface area (Å²) in [6.45, 7) is 1.97. The van der Waals surface area contributed by atoms with E-state index in [1.165, 1.54) is 0 Å². The Morgan fingerprint density at radius 3 is 2.64 bits per heavy atom. The average Bonchev–Trinajstić information content (AvgIpc) is 1.85. The van der Waals surface area contributed by atoms with Crippen molar-refractivity contribution in [3.05, 3.63) is 23.9 Å². The van der Waals surface area contributed by atoms with E-state index in [4.69, 9.17) is 0 Å². The minimum atomic E-state index is 0.884. The third-order valence-electron chi connectivity index (χ3n) is 1.23. The topological polar surface area (TPSA) is 28.2 Å². The molecule has 0 spiro atoms. The number of nitrogens with one attached hydrogen (secondary N) is 1. The number of aryl methyl sites for hydroxylation is 1. The van der Waals surface area contributed by atoms with E-state index in [1.54, 1.807) is 0 Å². The quantitative estimate of drug-likeness (QED) is 0.645. The number of hydrogen-bond acceptors (Lipinski definition) is 3. The Morgan fingerprint density at radius 2 is 2.09 bits per heavy atom. The summed E-state index contributed by atoms with van der Waals surface area (Å²) in [7, 11) is 3.87. The van der Waals surface area contributed by atoms with Gasteiger partial charge in [-0.3, -0.25) is 0 Å². The maximum atomic E-state index is 4.26. The molecule has 1 rings (SSSR count). The zero-order valence-electron chi connectivity index (χ0n) is 7.13. The number of rotatable bonds is 2. The molecule has 0 bridgehead atoms. The van der Waals surface area contributed by atoms with Gasteiger partial charge in [0, 0.05) is 19.8 Å². The Kier molecular flexibility index (Phi) is 2.44. The van der Waals surface area contributed by atoms with Crippen molar-refractivity contribution in [2.75, 3.05) is 19.5 Å². The van der Waals surface area contributed by atoms with Gasteiger partial charge in [-0.05, 0) is 19.1 Å². The second-order valence-corrected chi connectivity index (χ2v) is 2.67. The molecular weight excluding hydrogens is 138 g/mol. The van der Waals surface area contributed by atoms with Gasteiger partial charge in [0.2, 0.25) is 0 Å². The van der Waals surface area contributed by atoms with Crippen LogP contribution in [0.4, 0.5) is 5.82 Å². The summed E-state index contributed by atoms with van der Waals surface area (Å²) >= 11 is 0. The molecule has 0 saturated carbocycles. The third-order valence-corrected chi connectivity index (χ3v) is 1.23. The van der Waals surface area contributed by atoms with Crippen molar-refractivity contribution >= 4 is 5.82 Å². The lowest BCUT2D eigenvalue weighted by Gasteiger charge is -2.12. The smallest absolute Gasteiger partial charge is 0.140 e. The van der Waals surface area contributed by atoms with E-state index in [-0.39, 0.29) is 0 Å². The van der Waals surface area contributed by atoms with Crippen LogP contribution in [0.3, 0.4) is 0 Å². The van der Waals surface area contributed by atoms with Gasteiger partial charge in [-0.15, -0.1) is 0 Å². The summed E-state index contributed by atoms with van der Waals surface area (Å²) in [5.41, 5.74) is 4.09. The van der Waals surface area contributed by atoms with Gasteiger partial charge in [-0.2, -0.15) is 0 Å². The number of hydrogen-bond donors (Lipinski definition) is 1. The van der Waals surface area contributed by atoms with Crippen molar-refractivity contribution in [2.45, 2.75) is 6.92 Å². The molecule has 1 N–H and O–H groups in total. The molecule has 0 radical (unpaired) electrons. The highest BCUT2D eigenvalue weighted by atomic mass is 15.5. The fraction of sp³-hybridized carbons (Fsp3) is 0.375. The standard InChI is InChI=1S/C8H13N3/c1-7-5-4-6-8(9-7)10-11(2)3/h4-6H,1-3H3,(H,9,10). The van der Waals surface area contributed by atoms with Crippen LogP contribution in [0.5, 0.6) is 0 Å². The second-order valence-electron chi connectivity index (χ2n) is 2.67. The van der Waals surface area contributed by atoms with Crippen LogP contribution in [0, 0.1) is 6.92 Å². The zero-order valence-corrected chi connectivity index (χ0v) is 7.13. The SMILES string of the molecule is Cc1cccc(NN(C)C)n1. The first-order valence-corrected chi connectivity index (χ1v) is 3.56. The van der Waals surface area contributed by atoms with Crippen molar-refractivity contribution in [1.82, 2.24) is 9.99 Å². The van der Waals surface area contributed by atoms with E-state index in [1.807, 2.05) is 44.2 Å². The molecule has 60 valence electrons. The van der Waals surface area contributed by atoms with E-state index >= 15 is 0 Å². The molecule has 0 aliphatic rings. The minimum Gasteiger partial charge on any atom is -0.304 e. The van der Waals surface area contributed by atoms with Crippen LogP contribution in [0.15, 0.2) is 18.2 Å². The Hall–Kier alpha value is -1.09. The Labute approximate surface area is 67.0 Å². The highest BCUT2D eigenvalue weighted by molar-refractivity contribution is 5.33. The molecule has 0 unspecified atom stereocenters. The summed E-state index contributed by atoms with van der Waals surface area (Å²) in [4.78, 5) is 4.26. The summed E-state index contributed by atoms with van der Waals surface area (Å²) < 4.78 is 0. The van der Waals surface area contributed by atoms with E-state index in [9.17, 15) is 0 Å². The summed E-state index contributed by atoms with van der Waals surface area (Å²) in [5, 5.41) is 1.86. The van der Waals surface area contributed by atoms with Gasteiger partial charge < -0.3 is 5.43 Å². The summed E-state index contributed by atoms with van der Waals surface area (Å²) in [6.07, 6.45) is 0. The lowest BCUT2D eigenvalue weighted by atomic mass is 10.4. The lowest BCUT2D eigenvalue weighted by molar-refractivity contribution is 0.492. The van der Waals surface area contributed by atoms with Gasteiger partial charge >= 0.3 is 0 Å². The van der Waals surface area contributed by atoms with Crippen molar-refractivity contribution in [3.8, 4) is 0 Å². The summed E-state index contributed by atoms with van der Waals surface area (Å²) in [6, 6.07) is 5.89. The van der Waals surface area contributed by atoms with Crippen LogP contribution in [0.25, 0.3) is 0 Å². The lowest BCUT2D eigenvalue weighted by Crippen LogP contribution is -2.20. The van der Waals surface area contributed by atoms with Gasteiger partial charge in [0.1, 0.15) is 5.82 Å². The normalized spacial score (nSPS) is 10.2. The monoisotopic (exact) mass is 151 g/mol. The first kappa shape index (κ1) is 8.01. The highest BCUT2D eigenvalue weighted by Gasteiger charge is 1.92. The number of nitrogens with zero attached hydrogens (tertiary/aromatic N) is 2. The van der Waals surface area contributed by atoms with E-state index in [0.717, 1.165) is 11.5 Å². The van der Waals surface area contributed by atoms with Crippen LogP contribution in [0.2, 0.25) is 0 Å². The molecule has 0 amide bonds. The third kappa shape index (κ3) is 2.55. The Bertz CT molecular complexity index is 233. The van der Waals surface area contributed by atoms with Crippen molar-refractivity contribution in [3.63, 3.8) is 0 Å². The highest BCUT2D eigenvalue weighted by Crippen LogP contribution is 2.02. The van der Waals surface area contributed by atoms with Crippen molar-refractivity contribution in [2.24, 2.45) is 0 Å². The Balaban J connectivity index is 2.71. The van der Waals surface area contributed by atoms with Crippen molar-refractivity contribution < 1.29 is 0 Å². The fourth-order valence-corrected chi connectivity index (χ4v) is 0.834. The van der Waals surface area contributed by atoms with Gasteiger partial charge in [0.25, 0.3) is 0 Å². The number of pyridine rings is 1. The molecule has 11 heavy (non-hydrogen) atoms. The maximum absolute atomic E-state index is 4.26. The molecule has 0 aromatic carbocycles. The first-order chi connectivity index (χ1) is 5.18. The van der Waals surface area contributed by atoms with E-state index in [2.05, 4.69) is 10.4 Å².